The van der Waals surface area contributed by atoms with Gasteiger partial charge in [0.25, 0.3) is 0 Å². The van der Waals surface area contributed by atoms with Crippen LogP contribution in [0.2, 0.25) is 0 Å². The normalized spacial score (nSPS) is 15.1. The van der Waals surface area contributed by atoms with Crippen molar-refractivity contribution in [3.05, 3.63) is 58.6 Å². The maximum atomic E-state index is 12.8. The number of sulfonamides is 1. The molecule has 1 saturated heterocycles. The molecular formula is C24H30N4O5S. The standard InChI is InChI=1S/C24H30N4O5S/c1-26(2)14-15-28-21-17-19(8-11-22(21)33-24(28)30)25-23(29)16-18-6-9-20(10-7-18)34(31,32)27-12-4-3-5-13-27/h6-11,17H,3-5,12-16H2,1-2H3,(H,25,29). The highest BCUT2D eigenvalue weighted by molar-refractivity contribution is 7.89. The number of nitrogens with one attached hydrogen (secondary N) is 1. The molecule has 4 rings (SSSR count). The maximum Gasteiger partial charge on any atom is 0.419 e. The number of oxazole rings is 1. The number of benzene rings is 2. The summed E-state index contributed by atoms with van der Waals surface area (Å²) in [5.41, 5.74) is 2.35. The number of aromatic nitrogens is 1. The highest BCUT2D eigenvalue weighted by atomic mass is 32.2. The van der Waals surface area contributed by atoms with Crippen molar-refractivity contribution in [3.8, 4) is 0 Å². The van der Waals surface area contributed by atoms with Crippen molar-refractivity contribution in [2.75, 3.05) is 39.0 Å². The van der Waals surface area contributed by atoms with Gasteiger partial charge < -0.3 is 14.6 Å². The number of amides is 1. The molecule has 1 N–H and O–H groups in total. The van der Waals surface area contributed by atoms with Gasteiger partial charge in [-0.25, -0.2) is 13.2 Å². The van der Waals surface area contributed by atoms with Gasteiger partial charge in [0.05, 0.1) is 16.8 Å². The Bertz CT molecular complexity index is 1320. The summed E-state index contributed by atoms with van der Waals surface area (Å²) in [5, 5.41) is 2.85. The number of nitrogens with zero attached hydrogens (tertiary/aromatic N) is 3. The molecule has 0 atom stereocenters. The van der Waals surface area contributed by atoms with E-state index in [4.69, 9.17) is 4.42 Å². The second kappa shape index (κ2) is 10.1. The first kappa shape index (κ1) is 24.2. The molecule has 0 saturated carbocycles. The number of likely N-dealkylation sites (N-methyl/N-ethyl adjacent to an activating group) is 1. The van der Waals surface area contributed by atoms with Crippen LogP contribution in [0, 0.1) is 0 Å². The SMILES string of the molecule is CN(C)CCn1c(=O)oc2ccc(NC(=O)Cc3ccc(S(=O)(=O)N4CCCCC4)cc3)cc21. The van der Waals surface area contributed by atoms with Gasteiger partial charge in [-0.05, 0) is 62.8 Å². The summed E-state index contributed by atoms with van der Waals surface area (Å²) < 4.78 is 34.0. The molecule has 0 bridgehead atoms. The molecule has 0 spiro atoms. The van der Waals surface area contributed by atoms with Gasteiger partial charge in [0, 0.05) is 31.9 Å². The molecule has 34 heavy (non-hydrogen) atoms. The zero-order valence-electron chi connectivity index (χ0n) is 19.5. The summed E-state index contributed by atoms with van der Waals surface area (Å²) in [5.74, 6) is -0.670. The number of hydrogen-bond donors (Lipinski definition) is 1. The average Bonchev–Trinajstić information content (AvgIpc) is 3.12. The van der Waals surface area contributed by atoms with Crippen LogP contribution < -0.4 is 11.1 Å². The second-order valence-corrected chi connectivity index (χ2v) is 10.8. The fraction of sp³-hybridized carbons (Fsp3) is 0.417. The number of rotatable bonds is 8. The van der Waals surface area contributed by atoms with Crippen LogP contribution in [0.15, 0.2) is 56.6 Å². The van der Waals surface area contributed by atoms with E-state index < -0.39 is 15.8 Å². The Labute approximate surface area is 199 Å². The van der Waals surface area contributed by atoms with E-state index in [1.807, 2.05) is 19.0 Å². The molecular weight excluding hydrogens is 456 g/mol. The van der Waals surface area contributed by atoms with Crippen molar-refractivity contribution in [2.24, 2.45) is 0 Å². The zero-order valence-corrected chi connectivity index (χ0v) is 20.3. The van der Waals surface area contributed by atoms with Crippen molar-refractivity contribution in [3.63, 3.8) is 0 Å². The van der Waals surface area contributed by atoms with E-state index >= 15 is 0 Å². The lowest BCUT2D eigenvalue weighted by Gasteiger charge is -2.25. The quantitative estimate of drug-likeness (QED) is 0.525. The molecule has 0 radical (unpaired) electrons. The van der Waals surface area contributed by atoms with Gasteiger partial charge in [0.1, 0.15) is 0 Å². The fourth-order valence-electron chi connectivity index (χ4n) is 4.08. The first-order valence-corrected chi connectivity index (χ1v) is 12.8. The third-order valence-corrected chi connectivity index (χ3v) is 7.88. The lowest BCUT2D eigenvalue weighted by molar-refractivity contribution is -0.115. The highest BCUT2D eigenvalue weighted by Crippen LogP contribution is 2.22. The van der Waals surface area contributed by atoms with Gasteiger partial charge in [-0.1, -0.05) is 18.6 Å². The molecule has 182 valence electrons. The lowest BCUT2D eigenvalue weighted by Crippen LogP contribution is -2.35. The van der Waals surface area contributed by atoms with Crippen LogP contribution >= 0.6 is 0 Å². The Kier molecular flexibility index (Phi) is 7.20. The lowest BCUT2D eigenvalue weighted by atomic mass is 10.1. The third-order valence-electron chi connectivity index (χ3n) is 5.96. The van der Waals surface area contributed by atoms with Crippen LogP contribution in [-0.4, -0.2) is 61.8 Å². The summed E-state index contributed by atoms with van der Waals surface area (Å²) in [7, 11) is 0.354. The summed E-state index contributed by atoms with van der Waals surface area (Å²) in [6, 6.07) is 11.6. The van der Waals surface area contributed by atoms with Crippen LogP contribution in [-0.2, 0) is 27.8 Å². The summed E-state index contributed by atoms with van der Waals surface area (Å²) in [6.07, 6.45) is 2.92. The molecule has 1 amide bonds. The predicted molar refractivity (Wildman–Crippen MR) is 130 cm³/mol. The number of fused-ring (bicyclic) bond motifs is 1. The minimum absolute atomic E-state index is 0.0981. The van der Waals surface area contributed by atoms with E-state index in [2.05, 4.69) is 5.32 Å². The molecule has 9 nitrogen and oxygen atoms in total. The van der Waals surface area contributed by atoms with Crippen molar-refractivity contribution < 1.29 is 17.6 Å². The van der Waals surface area contributed by atoms with Gasteiger partial charge in [-0.3, -0.25) is 9.36 Å². The Hall–Kier alpha value is -2.95. The summed E-state index contributed by atoms with van der Waals surface area (Å²) in [4.78, 5) is 27.0. The van der Waals surface area contributed by atoms with E-state index in [1.165, 1.54) is 4.31 Å². The molecule has 2 heterocycles. The van der Waals surface area contributed by atoms with Crippen LogP contribution in [0.25, 0.3) is 11.1 Å². The van der Waals surface area contributed by atoms with Crippen LogP contribution in [0.4, 0.5) is 5.69 Å². The molecule has 0 unspecified atom stereocenters. The number of piperidine rings is 1. The minimum Gasteiger partial charge on any atom is -0.408 e. The Morgan fingerprint density at radius 2 is 1.76 bits per heavy atom. The van der Waals surface area contributed by atoms with Crippen molar-refractivity contribution in [2.45, 2.75) is 37.1 Å². The Balaban J connectivity index is 1.43. The molecule has 0 aliphatic carbocycles. The van der Waals surface area contributed by atoms with Crippen LogP contribution in [0.3, 0.4) is 0 Å². The maximum absolute atomic E-state index is 12.8. The number of hydrogen-bond acceptors (Lipinski definition) is 6. The van der Waals surface area contributed by atoms with Gasteiger partial charge in [-0.15, -0.1) is 0 Å². The molecule has 1 fully saturated rings. The third kappa shape index (κ3) is 5.40. The van der Waals surface area contributed by atoms with Gasteiger partial charge in [0.2, 0.25) is 15.9 Å². The summed E-state index contributed by atoms with van der Waals surface area (Å²) in [6.45, 7) is 2.25. The summed E-state index contributed by atoms with van der Waals surface area (Å²) >= 11 is 0. The van der Waals surface area contributed by atoms with Crippen LogP contribution in [0.5, 0.6) is 0 Å². The number of carbonyl (C=O) groups is 1. The smallest absolute Gasteiger partial charge is 0.408 e. The molecule has 3 aromatic rings. The van der Waals surface area contributed by atoms with E-state index in [1.54, 1.807) is 47.0 Å². The molecule has 1 aliphatic heterocycles. The molecule has 1 aliphatic rings. The van der Waals surface area contributed by atoms with E-state index in [0.717, 1.165) is 19.3 Å². The van der Waals surface area contributed by atoms with Crippen LogP contribution in [0.1, 0.15) is 24.8 Å². The Morgan fingerprint density at radius 3 is 2.44 bits per heavy atom. The first-order chi connectivity index (χ1) is 16.2. The van der Waals surface area contributed by atoms with E-state index in [-0.39, 0.29) is 17.2 Å². The van der Waals surface area contributed by atoms with Crippen molar-refractivity contribution in [1.29, 1.82) is 0 Å². The minimum atomic E-state index is -3.50. The van der Waals surface area contributed by atoms with Gasteiger partial charge >= 0.3 is 5.76 Å². The first-order valence-electron chi connectivity index (χ1n) is 11.4. The second-order valence-electron chi connectivity index (χ2n) is 8.84. The predicted octanol–water partition coefficient (Wildman–Crippen LogP) is 2.51. The monoisotopic (exact) mass is 486 g/mol. The van der Waals surface area contributed by atoms with E-state index in [0.29, 0.717) is 48.5 Å². The fourth-order valence-corrected chi connectivity index (χ4v) is 5.59. The molecule has 1 aromatic heterocycles. The highest BCUT2D eigenvalue weighted by Gasteiger charge is 2.25. The molecule has 2 aromatic carbocycles. The Morgan fingerprint density at radius 1 is 1.06 bits per heavy atom. The largest absolute Gasteiger partial charge is 0.419 e. The number of carbonyl (C=O) groups excluding carboxylic acids is 1. The van der Waals surface area contributed by atoms with E-state index in [9.17, 15) is 18.0 Å². The molecule has 10 heteroatoms. The zero-order chi connectivity index (χ0) is 24.3. The van der Waals surface area contributed by atoms with Crippen molar-refractivity contribution in [1.82, 2.24) is 13.8 Å². The van der Waals surface area contributed by atoms with Crippen molar-refractivity contribution >= 4 is 32.7 Å². The topological polar surface area (TPSA) is 105 Å². The number of anilines is 1. The average molecular weight is 487 g/mol. The van der Waals surface area contributed by atoms with Gasteiger partial charge in [0.15, 0.2) is 5.58 Å². The van der Waals surface area contributed by atoms with Gasteiger partial charge in [-0.2, -0.15) is 4.31 Å².